The van der Waals surface area contributed by atoms with Crippen molar-refractivity contribution < 1.29 is 168 Å². The van der Waals surface area contributed by atoms with Crippen LogP contribution >= 0.6 is 0 Å². The largest absolute Gasteiger partial charge is 0.462 e. The van der Waals surface area contributed by atoms with E-state index in [1.165, 1.54) is 80.8 Å². The first-order valence-electron chi connectivity index (χ1n) is 38.0. The number of hydrogen-bond acceptors (Lipinski definition) is 55. The summed E-state index contributed by atoms with van der Waals surface area (Å²) in [5.41, 5.74) is 42.3. The van der Waals surface area contributed by atoms with Crippen LogP contribution in [0.5, 0.6) is 0 Å². The topological polar surface area (TPSA) is 1000 Å². The normalized spacial score (nSPS) is 26.7. The van der Waals surface area contributed by atoms with Gasteiger partial charge in [-0.3, -0.25) is 110 Å². The molecule has 0 aromatic carbocycles. The first kappa shape index (κ1) is 105. The van der Waals surface area contributed by atoms with Gasteiger partial charge in [0.1, 0.15) is 155 Å². The van der Waals surface area contributed by atoms with Gasteiger partial charge in [-0.1, -0.05) is 0 Å². The van der Waals surface area contributed by atoms with Gasteiger partial charge in [0.05, 0.1) is 25.5 Å². The van der Waals surface area contributed by atoms with E-state index >= 15 is 0 Å². The zero-order valence-corrected chi connectivity index (χ0v) is 67.6. The number of amides is 2. The van der Waals surface area contributed by atoms with E-state index in [0.717, 1.165) is 22.8 Å². The molecule has 2 amide bonds. The van der Waals surface area contributed by atoms with Crippen LogP contribution in [-0.4, -0.2) is 354 Å². The van der Waals surface area contributed by atoms with Crippen LogP contribution in [0.25, 0.3) is 0 Å². The molecular weight excluding hydrogens is 1760 g/mol. The summed E-state index contributed by atoms with van der Waals surface area (Å²) in [5.74, 6) is -6.21. The highest BCUT2D eigenvalue weighted by atomic mass is 16.6. The maximum absolute atomic E-state index is 12.0. The molecule has 5 aliphatic heterocycles. The third kappa shape index (κ3) is 27.9. The highest BCUT2D eigenvalue weighted by molar-refractivity contribution is 5.84. The second-order valence-corrected chi connectivity index (χ2v) is 28.3. The second-order valence-electron chi connectivity index (χ2n) is 28.3. The lowest BCUT2D eigenvalue weighted by Crippen LogP contribution is -2.43. The number of aliphatic hydroxyl groups is 12. The molecule has 0 saturated carbocycles. The van der Waals surface area contributed by atoms with Crippen LogP contribution < -0.4 is 96.0 Å². The summed E-state index contributed by atoms with van der Waals surface area (Å²) >= 11 is 0. The number of nitrogens with one attached hydrogen (secondary N) is 6. The molecule has 5 aliphatic rings. The van der Waals surface area contributed by atoms with Gasteiger partial charge in [0.15, 0.2) is 60.2 Å². The standard InChI is InChI=1S/C15H20N6O7.C14H21N5O8.C13H19N5O8.C13H20N4O8.C12H18N4O8/c16-8(3-7-4-17-6-18-7)14(24)27-5-9-11(22)12(23)13(28-9)21-2-1-10(20-26)19-15(21)25;15-6(1-2-8(16)20)13(23)26-5-7-10(21)11(22)12(27-7)19-4-3-9(18-25)17-14(19)24;14-5(3-7(15)19)12(22)25-4-6-9(20)10(21)11(26-6)18-2-1-8(17-24)16-13(18)23;1-5(18)8(14)12(21)24-4-6-9(19)10(20)11(25-6)17-3-2-7(16-23)15-13(17)22;13-5(3-17)11(20)23-4-6-8(18)9(19)10(24-6)16-2-1-7(15-22)14-12(16)21/h1-2,4,6,8-9,11-13,22-23,26H,3,5,16H2,(H,17,18)(H,19,20,25);3-4,6-7,10-12,21-22,25H,1-2,5,15H2,(H2,16,20)(H,17,18,24);1-2,5-6,9-11,20-21,24H,3-4,14H2,(H2,15,19)(H,16,17,23);2-3,5-6,8-11,18-20,23H,4,14H2,1H3,(H,15,16,22);1-2,5-6,8-10,17-19,22H,3-4,13H2,(H,14,15,21)/t8-,9-,11-,12-,13-;6-,7-,10-,11-,12-;5-,6-,9-,10-,11-;5-,6+,8+,9+,10+,11+;5-,6-,8-,9-,10-/m11101/s1. The molecule has 63 heteroatoms. The minimum atomic E-state index is -1.51. The molecule has 6 aromatic rings. The Hall–Kier alpha value is -12.2. The second kappa shape index (κ2) is 49.0. The number of esters is 5. The monoisotopic (exact) mass is 1860 g/mol. The first-order chi connectivity index (χ1) is 61.5. The van der Waals surface area contributed by atoms with Crippen molar-refractivity contribution in [2.75, 3.05) is 67.0 Å². The van der Waals surface area contributed by atoms with Gasteiger partial charge < -0.3 is 154 Å². The minimum Gasteiger partial charge on any atom is -0.462 e. The summed E-state index contributed by atoms with van der Waals surface area (Å²) in [6, 6.07) is 0.459. The predicted octanol–water partition coefficient (Wildman–Crippen LogP) is -15.8. The number of imidazole rings is 1. The van der Waals surface area contributed by atoms with E-state index in [2.05, 4.69) is 34.9 Å². The molecule has 0 radical (unpaired) electrons. The number of anilines is 5. The number of aromatic amines is 1. The Morgan fingerprint density at radius 3 is 0.900 bits per heavy atom. The van der Waals surface area contributed by atoms with Crippen LogP contribution in [0.15, 0.2) is 97.8 Å². The van der Waals surface area contributed by atoms with Gasteiger partial charge >= 0.3 is 58.3 Å². The van der Waals surface area contributed by atoms with Gasteiger partial charge in [-0.25, -0.2) is 29.0 Å². The molecule has 11 heterocycles. The molecule has 720 valence electrons. The van der Waals surface area contributed by atoms with E-state index in [4.69, 9.17) is 119 Å². The fourth-order valence-electron chi connectivity index (χ4n) is 11.9. The molecule has 5 fully saturated rings. The maximum Gasteiger partial charge on any atom is 0.351 e. The highest BCUT2D eigenvalue weighted by Gasteiger charge is 2.50. The van der Waals surface area contributed by atoms with Gasteiger partial charge in [0.2, 0.25) is 11.8 Å². The average Bonchev–Trinajstić information content (AvgIpc) is 1.67. The van der Waals surface area contributed by atoms with E-state index in [1.807, 2.05) is 0 Å². The van der Waals surface area contributed by atoms with E-state index in [1.54, 1.807) is 27.4 Å². The van der Waals surface area contributed by atoms with Crippen molar-refractivity contribution in [3.8, 4) is 0 Å². The lowest BCUT2D eigenvalue weighted by molar-refractivity contribution is -0.154. The Labute approximate surface area is 725 Å². The molecule has 0 unspecified atom stereocenters. The lowest BCUT2D eigenvalue weighted by atomic mass is 10.1. The number of rotatable bonds is 34. The van der Waals surface area contributed by atoms with E-state index in [-0.39, 0.29) is 55.0 Å². The fraction of sp³-hybridized carbons (Fsp3) is 0.552. The van der Waals surface area contributed by atoms with Crippen molar-refractivity contribution in [1.82, 2.24) is 57.7 Å². The number of H-pyrrole nitrogens is 1. The van der Waals surface area contributed by atoms with Crippen molar-refractivity contribution in [2.24, 2.45) is 40.1 Å². The maximum atomic E-state index is 12.0. The van der Waals surface area contributed by atoms with E-state index < -0.39 is 269 Å². The van der Waals surface area contributed by atoms with Crippen molar-refractivity contribution in [3.05, 3.63) is 132 Å². The summed E-state index contributed by atoms with van der Waals surface area (Å²) in [5, 5.41) is 162. The Morgan fingerprint density at radius 1 is 0.408 bits per heavy atom. The van der Waals surface area contributed by atoms with Crippen LogP contribution in [0.2, 0.25) is 0 Å². The van der Waals surface area contributed by atoms with Crippen LogP contribution in [0.4, 0.5) is 29.1 Å². The van der Waals surface area contributed by atoms with Gasteiger partial charge in [0.25, 0.3) is 0 Å². The van der Waals surface area contributed by atoms with Gasteiger partial charge in [-0.05, 0) is 43.7 Å². The summed E-state index contributed by atoms with van der Waals surface area (Å²) < 4.78 is 56.0. The number of carbonyl (C=O) groups is 7. The van der Waals surface area contributed by atoms with Crippen LogP contribution in [-0.2, 0) is 87.4 Å². The van der Waals surface area contributed by atoms with Crippen molar-refractivity contribution in [2.45, 2.75) is 192 Å². The third-order valence-corrected chi connectivity index (χ3v) is 19.0. The summed E-state index contributed by atoms with van der Waals surface area (Å²) in [7, 11) is 0. The SMILES string of the molecule is C[C@H](O)[C@@H](N)C(=O)OC[C@H]1O[C@@H](n2ccc(NO)nc2=O)[C@H](O)[C@@H]1O.NC(=O)CC[C@@H](N)C(=O)OC[C@H]1O[C@@H](n2ccc(NO)nc2=O)[C@H](O)[C@@H]1O.NC(=O)C[C@@H](N)C(=O)OC[C@H]1O[C@@H](n2ccc(NO)nc2=O)[C@H](O)[C@@H]1O.N[C@H](CO)C(=O)OC[C@H]1O[C@@H](n2ccc(NO)nc2=O)[C@H](O)[C@@H]1O.N[C@H](Cc1cnc[nH]1)C(=O)OC[C@H]1O[C@@H](n2ccc(NO)nc2=O)[C@H](O)[C@@H]1O. The minimum absolute atomic E-state index is 0.000200. The molecule has 26 atom stereocenters. The molecular formula is C67H98N24O39. The Morgan fingerprint density at radius 2 is 0.669 bits per heavy atom. The lowest BCUT2D eigenvalue weighted by Gasteiger charge is -2.18. The van der Waals surface area contributed by atoms with Crippen LogP contribution in [0.1, 0.15) is 63.0 Å². The molecule has 6 aromatic heterocycles. The van der Waals surface area contributed by atoms with Crippen molar-refractivity contribution >= 4 is 70.8 Å². The average molecular weight is 1860 g/mol. The summed E-state index contributed by atoms with van der Waals surface area (Å²) in [6.07, 6.45) is -19.0. The number of aromatic nitrogens is 12. The van der Waals surface area contributed by atoms with Crippen molar-refractivity contribution in [3.63, 3.8) is 0 Å². The quantitative estimate of drug-likeness (QED) is 0.0101. The van der Waals surface area contributed by atoms with E-state index in [9.17, 15) is 114 Å². The van der Waals surface area contributed by atoms with Gasteiger partial charge in [-0.2, -0.15) is 24.9 Å². The fourth-order valence-corrected chi connectivity index (χ4v) is 11.9. The van der Waals surface area contributed by atoms with Crippen LogP contribution in [0.3, 0.4) is 0 Å². The first-order valence-corrected chi connectivity index (χ1v) is 38.0. The number of primary amides is 2. The molecule has 37 N–H and O–H groups in total. The summed E-state index contributed by atoms with van der Waals surface area (Å²) in [4.78, 5) is 163. The number of hydrogen-bond donors (Lipinski definition) is 30. The van der Waals surface area contributed by atoms with Gasteiger partial charge in [-0.15, -0.1) is 0 Å². The molecule has 0 bridgehead atoms. The number of carbonyl (C=O) groups excluding carboxylic acids is 7. The van der Waals surface area contributed by atoms with Crippen molar-refractivity contribution in [1.29, 1.82) is 0 Å². The molecule has 130 heavy (non-hydrogen) atoms. The number of aliphatic hydroxyl groups excluding tert-OH is 12. The van der Waals surface area contributed by atoms with Crippen LogP contribution in [0, 0.1) is 0 Å². The van der Waals surface area contributed by atoms with E-state index in [0.29, 0.717) is 5.69 Å². The number of nitrogens with zero attached hydrogens (tertiary/aromatic N) is 11. The molecule has 0 aliphatic carbocycles. The Bertz CT molecular complexity index is 5040. The molecule has 11 rings (SSSR count). The molecule has 63 nitrogen and oxygen atoms in total. The Balaban J connectivity index is 0.000000223. The smallest absolute Gasteiger partial charge is 0.351 e. The number of ether oxygens (including phenoxy) is 10. The summed E-state index contributed by atoms with van der Waals surface area (Å²) in [6.45, 7) is -1.44. The van der Waals surface area contributed by atoms with Gasteiger partial charge in [0, 0.05) is 55.7 Å². The Kier molecular flexibility index (Phi) is 39.5. The zero-order valence-electron chi connectivity index (χ0n) is 67.6. The molecule has 5 saturated heterocycles. The predicted molar refractivity (Wildman–Crippen MR) is 417 cm³/mol. The molecule has 0 spiro atoms. The zero-order chi connectivity index (χ0) is 96.4. The third-order valence-electron chi connectivity index (χ3n) is 19.0. The number of nitrogens with two attached hydrogens (primary N) is 7. The highest BCUT2D eigenvalue weighted by Crippen LogP contribution is 2.34.